The zero-order valence-corrected chi connectivity index (χ0v) is 11.2. The van der Waals surface area contributed by atoms with E-state index in [0.717, 1.165) is 12.3 Å². The van der Waals surface area contributed by atoms with E-state index in [9.17, 15) is 9.90 Å². The van der Waals surface area contributed by atoms with E-state index in [0.29, 0.717) is 18.1 Å². The van der Waals surface area contributed by atoms with Crippen molar-refractivity contribution in [3.05, 3.63) is 24.2 Å². The van der Waals surface area contributed by atoms with E-state index in [1.807, 2.05) is 6.92 Å². The number of hydrogen-bond acceptors (Lipinski definition) is 3. The van der Waals surface area contributed by atoms with Crippen molar-refractivity contribution in [1.29, 1.82) is 0 Å². The lowest BCUT2D eigenvalue weighted by atomic mass is 10.1. The van der Waals surface area contributed by atoms with Crippen LogP contribution in [0.4, 0.5) is 0 Å². The normalized spacial score (nSPS) is 28.7. The largest absolute Gasteiger partial charge is 0.467 e. The number of amides is 1. The van der Waals surface area contributed by atoms with Crippen LogP contribution in [0, 0.1) is 17.8 Å². The van der Waals surface area contributed by atoms with Crippen molar-refractivity contribution >= 4 is 5.91 Å². The molecule has 0 aromatic carbocycles. The van der Waals surface area contributed by atoms with Gasteiger partial charge in [0.25, 0.3) is 0 Å². The lowest BCUT2D eigenvalue weighted by Crippen LogP contribution is -2.35. The molecule has 1 heterocycles. The summed E-state index contributed by atoms with van der Waals surface area (Å²) < 4.78 is 5.16. The van der Waals surface area contributed by atoms with Gasteiger partial charge in [-0.05, 0) is 50.2 Å². The van der Waals surface area contributed by atoms with Crippen LogP contribution in [0.25, 0.3) is 0 Å². The molecule has 0 bridgehead atoms. The summed E-state index contributed by atoms with van der Waals surface area (Å²) in [6.45, 7) is 1.93. The molecule has 2 N–H and O–H groups in total. The number of carbonyl (C=O) groups excluding carboxylic acids is 1. The fourth-order valence-corrected chi connectivity index (χ4v) is 2.90. The van der Waals surface area contributed by atoms with Gasteiger partial charge in [-0.3, -0.25) is 4.79 Å². The Morgan fingerprint density at radius 2 is 2.37 bits per heavy atom. The van der Waals surface area contributed by atoms with Gasteiger partial charge >= 0.3 is 0 Å². The first-order valence-electron chi connectivity index (χ1n) is 7.17. The second kappa shape index (κ2) is 5.00. The molecule has 104 valence electrons. The highest BCUT2D eigenvalue weighted by molar-refractivity contribution is 5.81. The molecule has 0 radical (unpaired) electrons. The van der Waals surface area contributed by atoms with Crippen molar-refractivity contribution in [2.24, 2.45) is 17.8 Å². The van der Waals surface area contributed by atoms with Gasteiger partial charge in [0, 0.05) is 18.4 Å². The first-order chi connectivity index (χ1) is 9.15. The summed E-state index contributed by atoms with van der Waals surface area (Å²) >= 11 is 0. The molecule has 2 fully saturated rings. The Balaban J connectivity index is 1.43. The molecule has 0 spiro atoms. The lowest BCUT2D eigenvalue weighted by Gasteiger charge is -2.16. The highest BCUT2D eigenvalue weighted by atomic mass is 16.4. The quantitative estimate of drug-likeness (QED) is 0.827. The van der Waals surface area contributed by atoms with Gasteiger partial charge in [-0.25, -0.2) is 0 Å². The molecule has 2 aliphatic carbocycles. The molecule has 0 aliphatic heterocycles. The zero-order chi connectivity index (χ0) is 13.4. The molecule has 0 saturated heterocycles. The predicted octanol–water partition coefficient (Wildman–Crippen LogP) is 2.25. The van der Waals surface area contributed by atoms with Gasteiger partial charge in [-0.2, -0.15) is 0 Å². The van der Waals surface area contributed by atoms with Crippen LogP contribution in [0.1, 0.15) is 44.5 Å². The van der Waals surface area contributed by atoms with E-state index < -0.39 is 6.10 Å². The number of nitrogens with one attached hydrogen (secondary N) is 1. The Hall–Kier alpha value is -1.29. The minimum absolute atomic E-state index is 0.0342. The average molecular weight is 263 g/mol. The number of aliphatic hydroxyl groups is 1. The van der Waals surface area contributed by atoms with Gasteiger partial charge in [-0.1, -0.05) is 0 Å². The molecule has 1 aromatic heterocycles. The molecule has 4 heteroatoms. The van der Waals surface area contributed by atoms with Gasteiger partial charge in [0.05, 0.1) is 6.26 Å². The number of aliphatic hydroxyl groups excluding tert-OH is 1. The van der Waals surface area contributed by atoms with Crippen molar-refractivity contribution < 1.29 is 14.3 Å². The highest BCUT2D eigenvalue weighted by Gasteiger charge is 2.51. The summed E-state index contributed by atoms with van der Waals surface area (Å²) in [6, 6.07) is 3.48. The molecule has 19 heavy (non-hydrogen) atoms. The SMILES string of the molecule is C[C@H](C[C@H](O)c1ccco1)NC(=O)[C@H]1C[C@@H]1C1CC1. The van der Waals surface area contributed by atoms with Crippen molar-refractivity contribution in [2.75, 3.05) is 0 Å². The maximum Gasteiger partial charge on any atom is 0.223 e. The van der Waals surface area contributed by atoms with Crippen molar-refractivity contribution in [3.63, 3.8) is 0 Å². The van der Waals surface area contributed by atoms with E-state index >= 15 is 0 Å². The van der Waals surface area contributed by atoms with Crippen LogP contribution >= 0.6 is 0 Å². The number of hydrogen-bond donors (Lipinski definition) is 2. The third-order valence-electron chi connectivity index (χ3n) is 4.24. The second-order valence-corrected chi connectivity index (χ2v) is 6.02. The molecule has 2 saturated carbocycles. The first-order valence-corrected chi connectivity index (χ1v) is 7.17. The van der Waals surface area contributed by atoms with Crippen LogP contribution in [-0.4, -0.2) is 17.1 Å². The van der Waals surface area contributed by atoms with E-state index in [2.05, 4.69) is 5.32 Å². The maximum atomic E-state index is 12.0. The molecule has 2 aliphatic rings. The van der Waals surface area contributed by atoms with E-state index in [1.165, 1.54) is 12.8 Å². The molecule has 4 atom stereocenters. The first kappa shape index (κ1) is 12.7. The lowest BCUT2D eigenvalue weighted by molar-refractivity contribution is -0.123. The average Bonchev–Trinajstić information content (AvgIpc) is 3.25. The monoisotopic (exact) mass is 263 g/mol. The summed E-state index contributed by atoms with van der Waals surface area (Å²) in [4.78, 5) is 12.0. The Morgan fingerprint density at radius 3 is 3.00 bits per heavy atom. The van der Waals surface area contributed by atoms with Crippen molar-refractivity contribution in [3.8, 4) is 0 Å². The third-order valence-corrected chi connectivity index (χ3v) is 4.24. The van der Waals surface area contributed by atoms with Gasteiger partial charge < -0.3 is 14.8 Å². The minimum Gasteiger partial charge on any atom is -0.467 e. The molecule has 0 unspecified atom stereocenters. The molecular formula is C15H21NO3. The van der Waals surface area contributed by atoms with Crippen molar-refractivity contribution in [1.82, 2.24) is 5.32 Å². The molecule has 3 rings (SSSR count). The Morgan fingerprint density at radius 1 is 1.58 bits per heavy atom. The Bertz CT molecular complexity index is 438. The predicted molar refractivity (Wildman–Crippen MR) is 70.2 cm³/mol. The maximum absolute atomic E-state index is 12.0. The number of carbonyl (C=O) groups is 1. The summed E-state index contributed by atoms with van der Waals surface area (Å²) in [5.74, 6) is 2.41. The van der Waals surface area contributed by atoms with Gasteiger partial charge in [0.2, 0.25) is 5.91 Å². The highest BCUT2D eigenvalue weighted by Crippen LogP contribution is 2.54. The van der Waals surface area contributed by atoms with E-state index in [1.54, 1.807) is 18.4 Å². The van der Waals surface area contributed by atoms with Gasteiger partial charge in [0.1, 0.15) is 11.9 Å². The standard InChI is InChI=1S/C15H21NO3/c1-9(7-13(17)14-3-2-6-19-14)16-15(18)12-8-11(12)10-4-5-10/h2-3,6,9-13,17H,4-5,7-8H2,1H3,(H,16,18)/t9-,11-,12+,13+/m1/s1. The van der Waals surface area contributed by atoms with Crippen LogP contribution in [0.2, 0.25) is 0 Å². The van der Waals surface area contributed by atoms with Crippen LogP contribution in [0.3, 0.4) is 0 Å². The summed E-state index contributed by atoms with van der Waals surface area (Å²) in [6.07, 6.45) is 5.06. The van der Waals surface area contributed by atoms with E-state index in [-0.39, 0.29) is 17.9 Å². The molecular weight excluding hydrogens is 242 g/mol. The van der Waals surface area contributed by atoms with Crippen LogP contribution in [-0.2, 0) is 4.79 Å². The summed E-state index contributed by atoms with van der Waals surface area (Å²) in [5.41, 5.74) is 0. The topological polar surface area (TPSA) is 62.5 Å². The Labute approximate surface area is 113 Å². The van der Waals surface area contributed by atoms with Crippen molar-refractivity contribution in [2.45, 2.75) is 44.8 Å². The van der Waals surface area contributed by atoms with Crippen LogP contribution in [0.5, 0.6) is 0 Å². The van der Waals surface area contributed by atoms with Gasteiger partial charge in [-0.15, -0.1) is 0 Å². The van der Waals surface area contributed by atoms with Gasteiger partial charge in [0.15, 0.2) is 0 Å². The summed E-state index contributed by atoms with van der Waals surface area (Å²) in [5, 5.41) is 13.0. The zero-order valence-electron chi connectivity index (χ0n) is 11.2. The minimum atomic E-state index is -0.649. The summed E-state index contributed by atoms with van der Waals surface area (Å²) in [7, 11) is 0. The number of furan rings is 1. The fraction of sp³-hybridized carbons (Fsp3) is 0.667. The van der Waals surface area contributed by atoms with Crippen LogP contribution < -0.4 is 5.32 Å². The Kier molecular flexibility index (Phi) is 3.35. The number of rotatable bonds is 6. The second-order valence-electron chi connectivity index (χ2n) is 6.02. The molecule has 1 amide bonds. The molecule has 4 nitrogen and oxygen atoms in total. The fourth-order valence-electron chi connectivity index (χ4n) is 2.90. The molecule has 1 aromatic rings. The smallest absolute Gasteiger partial charge is 0.223 e. The van der Waals surface area contributed by atoms with E-state index in [4.69, 9.17) is 4.42 Å². The third kappa shape index (κ3) is 3.00. The van der Waals surface area contributed by atoms with Crippen LogP contribution in [0.15, 0.2) is 22.8 Å².